The van der Waals surface area contributed by atoms with Gasteiger partial charge in [-0.15, -0.1) is 0 Å². The van der Waals surface area contributed by atoms with Crippen LogP contribution in [0.15, 0.2) is 0 Å². The van der Waals surface area contributed by atoms with Crippen molar-refractivity contribution in [2.24, 2.45) is 0 Å². The second-order valence-electron chi connectivity index (χ2n) is 4.90. The first-order chi connectivity index (χ1) is 9.24. The zero-order chi connectivity index (χ0) is 13.7. The van der Waals surface area contributed by atoms with Gasteiger partial charge in [0.2, 0.25) is 0 Å². The van der Waals surface area contributed by atoms with Gasteiger partial charge < -0.3 is 15.8 Å². The van der Waals surface area contributed by atoms with Crippen molar-refractivity contribution in [3.05, 3.63) is 11.4 Å². The summed E-state index contributed by atoms with van der Waals surface area (Å²) in [6.07, 6.45) is 4.07. The van der Waals surface area contributed by atoms with Crippen LogP contribution in [0.25, 0.3) is 0 Å². The monoisotopic (exact) mass is 266 g/mol. The van der Waals surface area contributed by atoms with Gasteiger partial charge in [0, 0.05) is 25.7 Å². The van der Waals surface area contributed by atoms with Crippen LogP contribution < -0.4 is 11.1 Å². The van der Waals surface area contributed by atoms with E-state index >= 15 is 0 Å². The van der Waals surface area contributed by atoms with Gasteiger partial charge in [-0.1, -0.05) is 6.92 Å². The predicted molar refractivity (Wildman–Crippen MR) is 73.0 cm³/mol. The summed E-state index contributed by atoms with van der Waals surface area (Å²) in [7, 11) is 0. The minimum Gasteiger partial charge on any atom is -0.395 e. The van der Waals surface area contributed by atoms with Crippen LogP contribution in [0.5, 0.6) is 0 Å². The summed E-state index contributed by atoms with van der Waals surface area (Å²) in [5.74, 6) is 0.257. The van der Waals surface area contributed by atoms with Crippen molar-refractivity contribution in [3.63, 3.8) is 0 Å². The maximum atomic E-state index is 11.9. The number of aromatic amines is 1. The first-order valence-corrected chi connectivity index (χ1v) is 6.93. The molecule has 1 fully saturated rings. The van der Waals surface area contributed by atoms with Gasteiger partial charge in [0.1, 0.15) is 0 Å². The molecule has 19 heavy (non-hydrogen) atoms. The van der Waals surface area contributed by atoms with E-state index in [4.69, 9.17) is 10.5 Å². The molecule has 0 saturated heterocycles. The molecule has 1 amide bonds. The van der Waals surface area contributed by atoms with Crippen LogP contribution in [0.2, 0.25) is 0 Å². The Labute approximate surface area is 113 Å². The van der Waals surface area contributed by atoms with Crippen molar-refractivity contribution in [1.82, 2.24) is 15.5 Å². The van der Waals surface area contributed by atoms with E-state index in [9.17, 15) is 4.79 Å². The molecule has 1 aliphatic carbocycles. The maximum absolute atomic E-state index is 11.9. The Morgan fingerprint density at radius 3 is 3.00 bits per heavy atom. The third-order valence-corrected chi connectivity index (χ3v) is 3.13. The number of rotatable bonds is 8. The summed E-state index contributed by atoms with van der Waals surface area (Å²) in [5, 5.41) is 9.69. The van der Waals surface area contributed by atoms with E-state index in [0.717, 1.165) is 38.0 Å². The van der Waals surface area contributed by atoms with Crippen molar-refractivity contribution >= 4 is 11.6 Å². The molecule has 0 spiro atoms. The molecule has 2 rings (SSSR count). The molecule has 0 radical (unpaired) electrons. The molecule has 6 nitrogen and oxygen atoms in total. The first kappa shape index (κ1) is 13.9. The smallest absolute Gasteiger partial charge is 0.273 e. The van der Waals surface area contributed by atoms with Crippen molar-refractivity contribution in [2.45, 2.75) is 38.5 Å². The Balaban J connectivity index is 1.73. The Bertz CT molecular complexity index is 426. The van der Waals surface area contributed by atoms with Gasteiger partial charge in [0.25, 0.3) is 5.91 Å². The van der Waals surface area contributed by atoms with Crippen LogP contribution >= 0.6 is 0 Å². The van der Waals surface area contributed by atoms with Crippen LogP contribution in [0.1, 0.15) is 54.7 Å². The quantitative estimate of drug-likeness (QED) is 0.620. The van der Waals surface area contributed by atoms with Crippen LogP contribution in [-0.4, -0.2) is 35.9 Å². The molecular weight excluding hydrogens is 244 g/mol. The average molecular weight is 266 g/mol. The van der Waals surface area contributed by atoms with E-state index in [1.54, 1.807) is 0 Å². The van der Waals surface area contributed by atoms with E-state index in [1.165, 1.54) is 0 Å². The van der Waals surface area contributed by atoms with Crippen molar-refractivity contribution in [2.75, 3.05) is 25.5 Å². The van der Waals surface area contributed by atoms with E-state index in [0.29, 0.717) is 30.5 Å². The lowest BCUT2D eigenvalue weighted by molar-refractivity contribution is 0.0937. The van der Waals surface area contributed by atoms with E-state index < -0.39 is 0 Å². The number of H-pyrrole nitrogens is 1. The third kappa shape index (κ3) is 3.70. The topological polar surface area (TPSA) is 93.0 Å². The number of nitrogen functional groups attached to an aromatic ring is 1. The number of aromatic nitrogens is 2. The van der Waals surface area contributed by atoms with Crippen molar-refractivity contribution in [3.8, 4) is 0 Å². The fourth-order valence-corrected chi connectivity index (χ4v) is 1.93. The highest BCUT2D eigenvalue weighted by atomic mass is 16.5. The van der Waals surface area contributed by atoms with Gasteiger partial charge in [-0.2, -0.15) is 5.10 Å². The van der Waals surface area contributed by atoms with Gasteiger partial charge >= 0.3 is 0 Å². The van der Waals surface area contributed by atoms with Gasteiger partial charge in [0.05, 0.1) is 11.4 Å². The molecule has 1 aromatic heterocycles. The molecule has 0 bridgehead atoms. The number of nitrogens with two attached hydrogens (primary N) is 1. The standard InChI is InChI=1S/C13H22N4O2/c1-2-7-19-8-3-6-15-13(18)12-10(14)11(16-17-12)9-4-5-9/h9H,2-8,14H2,1H3,(H,15,18)(H,16,17). The Kier molecular flexibility index (Phi) is 4.79. The zero-order valence-corrected chi connectivity index (χ0v) is 11.4. The number of hydrogen-bond donors (Lipinski definition) is 3. The molecule has 6 heteroatoms. The fraction of sp³-hybridized carbons (Fsp3) is 0.692. The Morgan fingerprint density at radius 1 is 1.53 bits per heavy atom. The second kappa shape index (κ2) is 6.56. The molecule has 1 heterocycles. The molecule has 0 aromatic carbocycles. The van der Waals surface area contributed by atoms with Crippen LogP contribution in [0.3, 0.4) is 0 Å². The van der Waals surface area contributed by atoms with Crippen molar-refractivity contribution in [1.29, 1.82) is 0 Å². The number of ether oxygens (including phenoxy) is 1. The summed E-state index contributed by atoms with van der Waals surface area (Å²) in [4.78, 5) is 11.9. The van der Waals surface area contributed by atoms with Gasteiger partial charge in [-0.3, -0.25) is 9.89 Å². The first-order valence-electron chi connectivity index (χ1n) is 6.93. The van der Waals surface area contributed by atoms with Crippen LogP contribution in [-0.2, 0) is 4.74 Å². The molecule has 4 N–H and O–H groups in total. The number of carbonyl (C=O) groups excluding carboxylic acids is 1. The normalized spacial score (nSPS) is 14.6. The number of anilines is 1. The van der Waals surface area contributed by atoms with Crippen LogP contribution in [0, 0.1) is 0 Å². The number of amides is 1. The Morgan fingerprint density at radius 2 is 2.32 bits per heavy atom. The van der Waals surface area contributed by atoms with Crippen molar-refractivity contribution < 1.29 is 9.53 Å². The number of nitrogens with one attached hydrogen (secondary N) is 2. The number of hydrogen-bond acceptors (Lipinski definition) is 4. The van der Waals surface area contributed by atoms with Gasteiger partial charge in [0.15, 0.2) is 5.69 Å². The predicted octanol–water partition coefficient (Wildman–Crippen LogP) is 1.42. The van der Waals surface area contributed by atoms with E-state index in [-0.39, 0.29) is 5.91 Å². The summed E-state index contributed by atoms with van der Waals surface area (Å²) >= 11 is 0. The number of carbonyl (C=O) groups is 1. The zero-order valence-electron chi connectivity index (χ0n) is 11.4. The molecule has 1 aliphatic rings. The van der Waals surface area contributed by atoms with E-state index in [2.05, 4.69) is 22.4 Å². The average Bonchev–Trinajstić information content (AvgIpc) is 3.17. The third-order valence-electron chi connectivity index (χ3n) is 3.13. The lowest BCUT2D eigenvalue weighted by Crippen LogP contribution is -2.26. The second-order valence-corrected chi connectivity index (χ2v) is 4.90. The van der Waals surface area contributed by atoms with Gasteiger partial charge in [-0.25, -0.2) is 0 Å². The summed E-state index contributed by atoms with van der Waals surface area (Å²) < 4.78 is 5.34. The lowest BCUT2D eigenvalue weighted by Gasteiger charge is -2.04. The highest BCUT2D eigenvalue weighted by Gasteiger charge is 2.30. The fourth-order valence-electron chi connectivity index (χ4n) is 1.93. The molecule has 0 aliphatic heterocycles. The molecule has 0 unspecified atom stereocenters. The number of nitrogens with zero attached hydrogens (tertiary/aromatic N) is 1. The highest BCUT2D eigenvalue weighted by Crippen LogP contribution is 2.42. The lowest BCUT2D eigenvalue weighted by atomic mass is 10.2. The van der Waals surface area contributed by atoms with E-state index in [1.807, 2.05) is 0 Å². The maximum Gasteiger partial charge on any atom is 0.273 e. The molecule has 0 atom stereocenters. The SMILES string of the molecule is CCCOCCCNC(=O)c1n[nH]c(C2CC2)c1N. The minimum absolute atomic E-state index is 0.212. The summed E-state index contributed by atoms with van der Waals surface area (Å²) in [6, 6.07) is 0. The molecule has 106 valence electrons. The highest BCUT2D eigenvalue weighted by molar-refractivity contribution is 5.97. The van der Waals surface area contributed by atoms with Gasteiger partial charge in [-0.05, 0) is 25.7 Å². The minimum atomic E-state index is -0.212. The Hall–Kier alpha value is -1.56. The summed E-state index contributed by atoms with van der Waals surface area (Å²) in [6.45, 7) is 4.08. The molecular formula is C13H22N4O2. The largest absolute Gasteiger partial charge is 0.395 e. The van der Waals surface area contributed by atoms with Crippen LogP contribution in [0.4, 0.5) is 5.69 Å². The molecule has 1 aromatic rings. The summed E-state index contributed by atoms with van der Waals surface area (Å²) in [5.41, 5.74) is 7.67. The molecule has 1 saturated carbocycles.